The summed E-state index contributed by atoms with van der Waals surface area (Å²) in [5, 5.41) is 7.08. The second-order valence-corrected chi connectivity index (χ2v) is 7.62. The minimum Gasteiger partial charge on any atom is -0.368 e. The Kier molecular flexibility index (Phi) is 4.24. The highest BCUT2D eigenvalue weighted by Crippen LogP contribution is 2.36. The molecule has 6 nitrogen and oxygen atoms in total. The molecule has 1 spiro atoms. The van der Waals surface area contributed by atoms with Gasteiger partial charge in [-0.25, -0.2) is 4.79 Å². The highest BCUT2D eigenvalue weighted by atomic mass is 16.5. The molecular weight excluding hydrogens is 306 g/mol. The van der Waals surface area contributed by atoms with Gasteiger partial charge in [0.25, 0.3) is 0 Å². The summed E-state index contributed by atoms with van der Waals surface area (Å²) in [5.74, 6) is 1.56. The molecule has 24 heavy (non-hydrogen) atoms. The van der Waals surface area contributed by atoms with Crippen LogP contribution in [0.3, 0.4) is 0 Å². The molecule has 4 rings (SSSR count). The summed E-state index contributed by atoms with van der Waals surface area (Å²) in [7, 11) is 0. The summed E-state index contributed by atoms with van der Waals surface area (Å²) in [6.07, 6.45) is 9.99. The summed E-state index contributed by atoms with van der Waals surface area (Å²) in [5.41, 5.74) is 0.944. The zero-order valence-electron chi connectivity index (χ0n) is 14.5. The number of fused-ring (bicyclic) bond motifs is 1. The van der Waals surface area contributed by atoms with Gasteiger partial charge in [0.2, 0.25) is 0 Å². The maximum absolute atomic E-state index is 12.8. The zero-order chi connectivity index (χ0) is 16.6. The van der Waals surface area contributed by atoms with E-state index in [-0.39, 0.29) is 17.7 Å². The van der Waals surface area contributed by atoms with Gasteiger partial charge in [-0.15, -0.1) is 0 Å². The van der Waals surface area contributed by atoms with Gasteiger partial charge in [0.15, 0.2) is 5.82 Å². The first-order chi connectivity index (χ1) is 11.7. The maximum Gasteiger partial charge on any atom is 0.323 e. The van der Waals surface area contributed by atoms with Gasteiger partial charge in [-0.3, -0.25) is 5.32 Å². The predicted octanol–water partition coefficient (Wildman–Crippen LogP) is 3.51. The van der Waals surface area contributed by atoms with Crippen molar-refractivity contribution in [3.63, 3.8) is 0 Å². The number of nitrogens with one attached hydrogen (secondary N) is 1. The Bertz CT molecular complexity index is 607. The van der Waals surface area contributed by atoms with Gasteiger partial charge in [-0.1, -0.05) is 24.4 Å². The molecule has 3 aliphatic rings. The smallest absolute Gasteiger partial charge is 0.323 e. The van der Waals surface area contributed by atoms with Crippen LogP contribution >= 0.6 is 0 Å². The van der Waals surface area contributed by atoms with Crippen LogP contribution in [0.4, 0.5) is 10.6 Å². The van der Waals surface area contributed by atoms with Gasteiger partial charge >= 0.3 is 6.03 Å². The van der Waals surface area contributed by atoms with Crippen molar-refractivity contribution in [2.24, 2.45) is 0 Å². The van der Waals surface area contributed by atoms with E-state index >= 15 is 0 Å². The van der Waals surface area contributed by atoms with Crippen LogP contribution in [0, 0.1) is 0 Å². The number of carbonyl (C=O) groups is 1. The first kappa shape index (κ1) is 15.9. The van der Waals surface area contributed by atoms with E-state index in [1.807, 2.05) is 4.90 Å². The van der Waals surface area contributed by atoms with Crippen LogP contribution in [0.15, 0.2) is 4.52 Å². The predicted molar refractivity (Wildman–Crippen MR) is 90.1 cm³/mol. The number of anilines is 1. The third-order valence-electron chi connectivity index (χ3n) is 5.64. The molecule has 1 aromatic heterocycles. The molecule has 1 unspecified atom stereocenters. The van der Waals surface area contributed by atoms with E-state index in [4.69, 9.17) is 9.26 Å². The van der Waals surface area contributed by atoms with Crippen molar-refractivity contribution >= 4 is 11.8 Å². The first-order valence-electron chi connectivity index (χ1n) is 9.36. The molecule has 0 bridgehead atoms. The SMILES string of the molecule is CC1CN(C(=O)Nc2noc3c2CCCC3)CC2(CCCCC2)O1. The van der Waals surface area contributed by atoms with Crippen LogP contribution in [0.2, 0.25) is 0 Å². The van der Waals surface area contributed by atoms with Crippen LogP contribution in [-0.2, 0) is 17.6 Å². The Balaban J connectivity index is 1.46. The van der Waals surface area contributed by atoms with Crippen molar-refractivity contribution in [3.05, 3.63) is 11.3 Å². The Morgan fingerprint density at radius 1 is 1.21 bits per heavy atom. The van der Waals surface area contributed by atoms with E-state index < -0.39 is 0 Å². The quantitative estimate of drug-likeness (QED) is 0.854. The topological polar surface area (TPSA) is 67.6 Å². The zero-order valence-corrected chi connectivity index (χ0v) is 14.5. The number of hydrogen-bond acceptors (Lipinski definition) is 4. The molecule has 1 saturated heterocycles. The lowest BCUT2D eigenvalue weighted by Gasteiger charge is -2.47. The van der Waals surface area contributed by atoms with Gasteiger partial charge in [0.05, 0.1) is 18.2 Å². The third kappa shape index (κ3) is 3.04. The van der Waals surface area contributed by atoms with Crippen LogP contribution < -0.4 is 5.32 Å². The number of amides is 2. The lowest BCUT2D eigenvalue weighted by atomic mass is 9.83. The molecule has 1 aliphatic heterocycles. The van der Waals surface area contributed by atoms with Crippen LogP contribution in [0.5, 0.6) is 0 Å². The van der Waals surface area contributed by atoms with E-state index in [0.717, 1.165) is 49.8 Å². The Hall–Kier alpha value is -1.56. The number of carbonyl (C=O) groups excluding carboxylic acids is 1. The summed E-state index contributed by atoms with van der Waals surface area (Å²) >= 11 is 0. The van der Waals surface area contributed by atoms with E-state index in [0.29, 0.717) is 18.9 Å². The van der Waals surface area contributed by atoms with Crippen molar-refractivity contribution in [3.8, 4) is 0 Å². The van der Waals surface area contributed by atoms with Gasteiger partial charge in [-0.2, -0.15) is 0 Å². The molecule has 132 valence electrons. The summed E-state index contributed by atoms with van der Waals surface area (Å²) < 4.78 is 11.7. The van der Waals surface area contributed by atoms with Crippen molar-refractivity contribution in [1.82, 2.24) is 10.1 Å². The summed E-state index contributed by atoms with van der Waals surface area (Å²) in [6, 6.07) is -0.0724. The standard InChI is InChI=1S/C18H27N3O3/c1-13-11-21(12-18(23-13)9-5-2-6-10-18)17(22)19-16-14-7-3-4-8-15(14)24-20-16/h13H,2-12H2,1H3,(H,19,20,22). The fraction of sp³-hybridized carbons (Fsp3) is 0.778. The molecular formula is C18H27N3O3. The Labute approximate surface area is 142 Å². The molecule has 0 radical (unpaired) electrons. The van der Waals surface area contributed by atoms with Crippen molar-refractivity contribution in [1.29, 1.82) is 0 Å². The van der Waals surface area contributed by atoms with E-state index in [9.17, 15) is 4.79 Å². The summed E-state index contributed by atoms with van der Waals surface area (Å²) in [6.45, 7) is 3.38. The minimum atomic E-state index is -0.142. The highest BCUT2D eigenvalue weighted by molar-refractivity contribution is 5.89. The largest absolute Gasteiger partial charge is 0.368 e. The fourth-order valence-corrected chi connectivity index (χ4v) is 4.51. The molecule has 1 saturated carbocycles. The number of morpholine rings is 1. The second-order valence-electron chi connectivity index (χ2n) is 7.62. The van der Waals surface area contributed by atoms with Crippen molar-refractivity contribution in [2.75, 3.05) is 18.4 Å². The van der Waals surface area contributed by atoms with Crippen molar-refractivity contribution < 1.29 is 14.1 Å². The monoisotopic (exact) mass is 333 g/mol. The Morgan fingerprint density at radius 3 is 2.83 bits per heavy atom. The number of aryl methyl sites for hydroxylation is 1. The average molecular weight is 333 g/mol. The molecule has 6 heteroatoms. The number of nitrogens with zero attached hydrogens (tertiary/aromatic N) is 2. The van der Waals surface area contributed by atoms with Gasteiger partial charge in [0, 0.05) is 18.5 Å². The fourth-order valence-electron chi connectivity index (χ4n) is 4.51. The third-order valence-corrected chi connectivity index (χ3v) is 5.64. The maximum atomic E-state index is 12.8. The van der Waals surface area contributed by atoms with Gasteiger partial charge in [0.1, 0.15) is 5.76 Å². The molecule has 1 N–H and O–H groups in total. The number of hydrogen-bond donors (Lipinski definition) is 1. The molecule has 2 fully saturated rings. The van der Waals surface area contributed by atoms with E-state index in [2.05, 4.69) is 17.4 Å². The number of aromatic nitrogens is 1. The first-order valence-corrected chi connectivity index (χ1v) is 9.36. The highest BCUT2D eigenvalue weighted by Gasteiger charge is 2.42. The van der Waals surface area contributed by atoms with Crippen LogP contribution in [-0.4, -0.2) is 40.9 Å². The number of ether oxygens (including phenoxy) is 1. The Morgan fingerprint density at radius 2 is 2.00 bits per heavy atom. The van der Waals surface area contributed by atoms with E-state index in [1.54, 1.807) is 0 Å². The normalized spacial score (nSPS) is 26.2. The van der Waals surface area contributed by atoms with Gasteiger partial charge < -0.3 is 14.2 Å². The van der Waals surface area contributed by atoms with Crippen LogP contribution in [0.25, 0.3) is 0 Å². The molecule has 0 aromatic carbocycles. The number of urea groups is 1. The lowest BCUT2D eigenvalue weighted by Crippen LogP contribution is -2.58. The second kappa shape index (κ2) is 6.39. The molecule has 1 aromatic rings. The van der Waals surface area contributed by atoms with Crippen LogP contribution in [0.1, 0.15) is 63.2 Å². The molecule has 2 heterocycles. The molecule has 2 amide bonds. The van der Waals surface area contributed by atoms with Gasteiger partial charge in [-0.05, 0) is 39.0 Å². The van der Waals surface area contributed by atoms with E-state index in [1.165, 1.54) is 19.3 Å². The lowest BCUT2D eigenvalue weighted by molar-refractivity contribution is -0.152. The van der Waals surface area contributed by atoms with Crippen molar-refractivity contribution in [2.45, 2.75) is 76.4 Å². The minimum absolute atomic E-state index is 0.0724. The summed E-state index contributed by atoms with van der Waals surface area (Å²) in [4.78, 5) is 14.7. The number of rotatable bonds is 1. The average Bonchev–Trinajstić information content (AvgIpc) is 2.98. The molecule has 2 aliphatic carbocycles. The molecule has 1 atom stereocenters.